The van der Waals surface area contributed by atoms with Crippen molar-refractivity contribution in [1.29, 1.82) is 0 Å². The van der Waals surface area contributed by atoms with Gasteiger partial charge < -0.3 is 4.74 Å². The van der Waals surface area contributed by atoms with Gasteiger partial charge in [-0.3, -0.25) is 10.1 Å². The molecular weight excluding hydrogens is 316 g/mol. The van der Waals surface area contributed by atoms with Gasteiger partial charge in [0.15, 0.2) is 5.52 Å². The Kier molecular flexibility index (Phi) is 3.63. The van der Waals surface area contributed by atoms with Crippen LogP contribution in [-0.4, -0.2) is 19.5 Å². The van der Waals surface area contributed by atoms with E-state index in [4.69, 9.17) is 16.3 Å². The van der Waals surface area contributed by atoms with Crippen LogP contribution in [0.15, 0.2) is 30.5 Å². The minimum absolute atomic E-state index is 0.0636. The molecule has 0 amide bonds. The number of ether oxygens (including phenoxy) is 1. The molecule has 0 spiro atoms. The molecule has 0 aliphatic heterocycles. The zero-order chi connectivity index (χ0) is 14.8. The molecule has 0 saturated heterocycles. The van der Waals surface area contributed by atoms with E-state index in [1.165, 1.54) is 18.3 Å². The highest BCUT2D eigenvalue weighted by Gasteiger charge is 2.16. The van der Waals surface area contributed by atoms with Crippen molar-refractivity contribution < 1.29 is 9.66 Å². The van der Waals surface area contributed by atoms with Crippen LogP contribution in [-0.2, 0) is 6.61 Å². The molecule has 0 fully saturated rings. The van der Waals surface area contributed by atoms with Gasteiger partial charge in [-0.25, -0.2) is 4.98 Å². The van der Waals surface area contributed by atoms with Gasteiger partial charge in [0.25, 0.3) is 5.69 Å². The molecule has 1 aromatic carbocycles. The highest BCUT2D eigenvalue weighted by Crippen LogP contribution is 2.32. The average molecular weight is 323 g/mol. The van der Waals surface area contributed by atoms with E-state index in [0.717, 1.165) is 11.5 Å². The summed E-state index contributed by atoms with van der Waals surface area (Å²) in [4.78, 5) is 14.6. The molecule has 7 nitrogen and oxygen atoms in total. The number of hydrogen-bond donors (Lipinski definition) is 0. The van der Waals surface area contributed by atoms with Gasteiger partial charge in [-0.05, 0) is 18.2 Å². The normalized spacial score (nSPS) is 10.7. The van der Waals surface area contributed by atoms with Crippen LogP contribution in [0.1, 0.15) is 5.69 Å². The SMILES string of the molecule is O=[N+]([O-])c1ccc(OCc2nnsc2Cl)c2cccnc12. The molecule has 21 heavy (non-hydrogen) atoms. The van der Waals surface area contributed by atoms with E-state index in [9.17, 15) is 10.1 Å². The smallest absolute Gasteiger partial charge is 0.295 e. The number of benzene rings is 1. The summed E-state index contributed by atoms with van der Waals surface area (Å²) < 4.78 is 9.81. The average Bonchev–Trinajstić information content (AvgIpc) is 2.89. The Morgan fingerprint density at radius 1 is 1.38 bits per heavy atom. The molecule has 0 saturated carbocycles. The number of aromatic nitrogens is 3. The summed E-state index contributed by atoms with van der Waals surface area (Å²) in [5, 5.41) is 15.4. The Labute approximate surface area is 127 Å². The number of nitro groups is 1. The lowest BCUT2D eigenvalue weighted by molar-refractivity contribution is -0.383. The number of pyridine rings is 1. The Balaban J connectivity index is 1.98. The summed E-state index contributed by atoms with van der Waals surface area (Å²) in [5.41, 5.74) is 0.742. The molecule has 0 unspecified atom stereocenters. The summed E-state index contributed by atoms with van der Waals surface area (Å²) in [6.45, 7) is 0.136. The minimum Gasteiger partial charge on any atom is -0.486 e. The van der Waals surface area contributed by atoms with Gasteiger partial charge in [0.1, 0.15) is 22.4 Å². The maximum absolute atomic E-state index is 11.0. The van der Waals surface area contributed by atoms with Crippen molar-refractivity contribution in [2.75, 3.05) is 0 Å². The molecule has 3 aromatic rings. The van der Waals surface area contributed by atoms with E-state index in [0.29, 0.717) is 21.2 Å². The fourth-order valence-corrected chi connectivity index (χ4v) is 2.44. The molecule has 0 aliphatic carbocycles. The predicted molar refractivity (Wildman–Crippen MR) is 77.6 cm³/mol. The maximum Gasteiger partial charge on any atom is 0.295 e. The van der Waals surface area contributed by atoms with Gasteiger partial charge in [-0.1, -0.05) is 16.1 Å². The van der Waals surface area contributed by atoms with Crippen molar-refractivity contribution in [3.05, 3.63) is 50.6 Å². The van der Waals surface area contributed by atoms with Crippen molar-refractivity contribution in [1.82, 2.24) is 14.6 Å². The third-order valence-corrected chi connectivity index (χ3v) is 3.76. The first-order valence-electron chi connectivity index (χ1n) is 5.78. The van der Waals surface area contributed by atoms with Crippen LogP contribution >= 0.6 is 23.1 Å². The number of hydrogen-bond acceptors (Lipinski definition) is 7. The molecule has 0 radical (unpaired) electrons. The van der Waals surface area contributed by atoms with Crippen molar-refractivity contribution in [3.8, 4) is 5.75 Å². The highest BCUT2D eigenvalue weighted by atomic mass is 35.5. The number of rotatable bonds is 4. The summed E-state index contributed by atoms with van der Waals surface area (Å²) in [6, 6.07) is 6.31. The van der Waals surface area contributed by atoms with E-state index >= 15 is 0 Å². The monoisotopic (exact) mass is 322 g/mol. The first-order valence-corrected chi connectivity index (χ1v) is 6.93. The van der Waals surface area contributed by atoms with Crippen molar-refractivity contribution >= 4 is 39.7 Å². The van der Waals surface area contributed by atoms with Crippen LogP contribution in [0.4, 0.5) is 5.69 Å². The molecule has 2 aromatic heterocycles. The third kappa shape index (κ3) is 2.63. The van der Waals surface area contributed by atoms with Crippen molar-refractivity contribution in [3.63, 3.8) is 0 Å². The zero-order valence-corrected chi connectivity index (χ0v) is 12.0. The van der Waals surface area contributed by atoms with Crippen LogP contribution in [0.5, 0.6) is 5.75 Å². The number of halogens is 1. The highest BCUT2D eigenvalue weighted by molar-refractivity contribution is 7.10. The quantitative estimate of drug-likeness (QED) is 0.541. The van der Waals surface area contributed by atoms with Crippen molar-refractivity contribution in [2.45, 2.75) is 6.61 Å². The molecule has 106 valence electrons. The standard InChI is InChI=1S/C12H7ClN4O3S/c13-12-8(15-16-21-12)6-20-10-4-3-9(17(18)19)11-7(10)2-1-5-14-11/h1-5H,6H2. The predicted octanol–water partition coefficient (Wildman–Crippen LogP) is 3.23. The molecule has 0 aliphatic rings. The topological polar surface area (TPSA) is 91.0 Å². The van der Waals surface area contributed by atoms with Crippen LogP contribution < -0.4 is 4.74 Å². The second-order valence-electron chi connectivity index (χ2n) is 4.02. The Hall–Kier alpha value is -2.32. The van der Waals surface area contributed by atoms with Gasteiger partial charge in [-0.2, -0.15) is 0 Å². The van der Waals surface area contributed by atoms with Gasteiger partial charge in [-0.15, -0.1) is 5.10 Å². The van der Waals surface area contributed by atoms with Crippen LogP contribution in [0.2, 0.25) is 4.34 Å². The second-order valence-corrected chi connectivity index (χ2v) is 5.38. The van der Waals surface area contributed by atoms with E-state index in [1.807, 2.05) is 0 Å². The van der Waals surface area contributed by atoms with Crippen molar-refractivity contribution in [2.24, 2.45) is 0 Å². The van der Waals surface area contributed by atoms with Gasteiger partial charge in [0.05, 0.1) is 4.92 Å². The van der Waals surface area contributed by atoms with Gasteiger partial charge in [0, 0.05) is 29.2 Å². The summed E-state index contributed by atoms with van der Waals surface area (Å²) in [6.07, 6.45) is 1.50. The largest absolute Gasteiger partial charge is 0.486 e. The third-order valence-electron chi connectivity index (χ3n) is 2.78. The van der Waals surface area contributed by atoms with E-state index < -0.39 is 4.92 Å². The maximum atomic E-state index is 11.0. The molecule has 0 atom stereocenters. The Bertz CT molecular complexity index is 823. The lowest BCUT2D eigenvalue weighted by Gasteiger charge is -2.08. The fourth-order valence-electron chi connectivity index (χ4n) is 1.83. The number of nitro benzene ring substituents is 1. The van der Waals surface area contributed by atoms with Gasteiger partial charge in [0.2, 0.25) is 0 Å². The first-order chi connectivity index (χ1) is 10.2. The molecule has 0 N–H and O–H groups in total. The second kappa shape index (κ2) is 5.58. The molecular formula is C12H7ClN4O3S. The van der Waals surface area contributed by atoms with E-state index in [-0.39, 0.29) is 17.8 Å². The Morgan fingerprint density at radius 2 is 2.24 bits per heavy atom. The number of nitrogens with zero attached hydrogens (tertiary/aromatic N) is 4. The molecule has 2 heterocycles. The fraction of sp³-hybridized carbons (Fsp3) is 0.0833. The van der Waals surface area contributed by atoms with E-state index in [1.54, 1.807) is 12.1 Å². The number of fused-ring (bicyclic) bond motifs is 1. The first kappa shape index (κ1) is 13.7. The van der Waals surface area contributed by atoms with Crippen LogP contribution in [0.3, 0.4) is 0 Å². The molecule has 0 bridgehead atoms. The van der Waals surface area contributed by atoms with Gasteiger partial charge >= 0.3 is 0 Å². The van der Waals surface area contributed by atoms with Crippen LogP contribution in [0.25, 0.3) is 10.9 Å². The minimum atomic E-state index is -0.472. The lowest BCUT2D eigenvalue weighted by Crippen LogP contribution is -1.99. The summed E-state index contributed by atoms with van der Waals surface area (Å²) >= 11 is 6.98. The van der Waals surface area contributed by atoms with E-state index in [2.05, 4.69) is 14.6 Å². The number of non-ortho nitro benzene ring substituents is 1. The summed E-state index contributed by atoms with van der Waals surface area (Å²) in [5.74, 6) is 0.479. The summed E-state index contributed by atoms with van der Waals surface area (Å²) in [7, 11) is 0. The molecule has 9 heteroatoms. The zero-order valence-electron chi connectivity index (χ0n) is 10.4. The molecule has 3 rings (SSSR count). The van der Waals surface area contributed by atoms with Crippen LogP contribution in [0, 0.1) is 10.1 Å². The Morgan fingerprint density at radius 3 is 2.95 bits per heavy atom. The lowest BCUT2D eigenvalue weighted by atomic mass is 10.1.